The van der Waals surface area contributed by atoms with Gasteiger partial charge < -0.3 is 0 Å². The molecule has 0 radical (unpaired) electrons. The Labute approximate surface area is 108 Å². The Balaban J connectivity index is 1.90. The predicted molar refractivity (Wildman–Crippen MR) is 70.6 cm³/mol. The monoisotopic (exact) mass is 252 g/mol. The van der Waals surface area contributed by atoms with Gasteiger partial charge in [-0.25, -0.2) is 8.78 Å². The Morgan fingerprint density at radius 1 is 1.06 bits per heavy atom. The van der Waals surface area contributed by atoms with Gasteiger partial charge in [0.1, 0.15) is 0 Å². The van der Waals surface area contributed by atoms with Gasteiger partial charge in [-0.3, -0.25) is 0 Å². The highest BCUT2D eigenvalue weighted by molar-refractivity contribution is 5.22. The molecule has 0 atom stereocenters. The van der Waals surface area contributed by atoms with E-state index in [1.54, 1.807) is 6.07 Å². The van der Waals surface area contributed by atoms with E-state index in [4.69, 9.17) is 0 Å². The summed E-state index contributed by atoms with van der Waals surface area (Å²) in [6.07, 6.45) is 8.65. The van der Waals surface area contributed by atoms with E-state index < -0.39 is 11.6 Å². The molecule has 0 aromatic heterocycles. The molecule has 1 aliphatic carbocycles. The van der Waals surface area contributed by atoms with Crippen LogP contribution in [0.5, 0.6) is 0 Å². The lowest BCUT2D eigenvalue weighted by molar-refractivity contribution is 0.303. The molecular formula is C16H22F2. The normalized spacial score (nSPS) is 24.2. The highest BCUT2D eigenvalue weighted by Gasteiger charge is 2.22. The van der Waals surface area contributed by atoms with Gasteiger partial charge in [-0.2, -0.15) is 0 Å². The molecule has 100 valence electrons. The quantitative estimate of drug-likeness (QED) is 0.670. The van der Waals surface area contributed by atoms with Crippen LogP contribution in [0.3, 0.4) is 0 Å². The van der Waals surface area contributed by atoms with Gasteiger partial charge in [0.05, 0.1) is 0 Å². The standard InChI is InChI=1S/C16H22F2/c1-2-3-4-12-5-7-13(8-6-12)14-9-10-15(17)16(18)11-14/h9-13H,2-8H2,1H3. The third kappa shape index (κ3) is 3.30. The minimum Gasteiger partial charge on any atom is -0.204 e. The fourth-order valence-corrected chi connectivity index (χ4v) is 3.04. The molecule has 1 fully saturated rings. The summed E-state index contributed by atoms with van der Waals surface area (Å²) >= 11 is 0. The summed E-state index contributed by atoms with van der Waals surface area (Å²) in [4.78, 5) is 0. The van der Waals surface area contributed by atoms with Crippen molar-refractivity contribution in [1.82, 2.24) is 0 Å². The van der Waals surface area contributed by atoms with Crippen molar-refractivity contribution in [3.05, 3.63) is 35.4 Å². The average molecular weight is 252 g/mol. The van der Waals surface area contributed by atoms with Crippen molar-refractivity contribution < 1.29 is 8.78 Å². The number of unbranched alkanes of at least 4 members (excludes halogenated alkanes) is 1. The van der Waals surface area contributed by atoms with Crippen molar-refractivity contribution in [3.8, 4) is 0 Å². The zero-order chi connectivity index (χ0) is 13.0. The maximum atomic E-state index is 13.2. The summed E-state index contributed by atoms with van der Waals surface area (Å²) in [5.74, 6) is -0.166. The van der Waals surface area contributed by atoms with Crippen molar-refractivity contribution in [2.45, 2.75) is 57.8 Å². The molecule has 0 spiro atoms. The fourth-order valence-electron chi connectivity index (χ4n) is 3.04. The van der Waals surface area contributed by atoms with E-state index in [9.17, 15) is 8.78 Å². The maximum Gasteiger partial charge on any atom is 0.159 e. The Morgan fingerprint density at radius 2 is 1.78 bits per heavy atom. The second-order valence-corrected chi connectivity index (χ2v) is 5.53. The molecule has 1 aromatic rings. The van der Waals surface area contributed by atoms with E-state index >= 15 is 0 Å². The first-order valence-electron chi connectivity index (χ1n) is 7.15. The first kappa shape index (κ1) is 13.5. The van der Waals surface area contributed by atoms with Crippen LogP contribution in [0.2, 0.25) is 0 Å². The summed E-state index contributed by atoms with van der Waals surface area (Å²) in [6.45, 7) is 2.23. The summed E-state index contributed by atoms with van der Waals surface area (Å²) in [5, 5.41) is 0. The largest absolute Gasteiger partial charge is 0.204 e. The fraction of sp³-hybridized carbons (Fsp3) is 0.625. The average Bonchev–Trinajstić information content (AvgIpc) is 2.40. The summed E-state index contributed by atoms with van der Waals surface area (Å²) in [7, 11) is 0. The van der Waals surface area contributed by atoms with Gasteiger partial charge >= 0.3 is 0 Å². The topological polar surface area (TPSA) is 0 Å². The van der Waals surface area contributed by atoms with E-state index in [-0.39, 0.29) is 0 Å². The van der Waals surface area contributed by atoms with Gasteiger partial charge in [-0.1, -0.05) is 32.3 Å². The molecule has 0 unspecified atom stereocenters. The van der Waals surface area contributed by atoms with Crippen LogP contribution in [0.15, 0.2) is 18.2 Å². The van der Waals surface area contributed by atoms with Gasteiger partial charge in [-0.15, -0.1) is 0 Å². The second kappa shape index (κ2) is 6.31. The summed E-state index contributed by atoms with van der Waals surface area (Å²) in [5.41, 5.74) is 0.975. The minimum atomic E-state index is -0.740. The lowest BCUT2D eigenvalue weighted by atomic mass is 9.77. The maximum absolute atomic E-state index is 13.2. The Bertz CT molecular complexity index is 379. The first-order valence-corrected chi connectivity index (χ1v) is 7.15. The highest BCUT2D eigenvalue weighted by Crippen LogP contribution is 2.37. The highest BCUT2D eigenvalue weighted by atomic mass is 19.2. The van der Waals surface area contributed by atoms with Crippen LogP contribution < -0.4 is 0 Å². The Hall–Kier alpha value is -0.920. The molecule has 0 aliphatic heterocycles. The SMILES string of the molecule is CCCCC1CCC(c2ccc(F)c(F)c2)CC1. The molecule has 1 aromatic carbocycles. The van der Waals surface area contributed by atoms with Gasteiger partial charge in [0, 0.05) is 0 Å². The summed E-state index contributed by atoms with van der Waals surface area (Å²) in [6, 6.07) is 4.38. The van der Waals surface area contributed by atoms with Crippen molar-refractivity contribution in [2.75, 3.05) is 0 Å². The van der Waals surface area contributed by atoms with E-state index in [1.165, 1.54) is 44.2 Å². The molecular weight excluding hydrogens is 230 g/mol. The Morgan fingerprint density at radius 3 is 2.39 bits per heavy atom. The van der Waals surface area contributed by atoms with Crippen LogP contribution in [-0.2, 0) is 0 Å². The third-order valence-corrected chi connectivity index (χ3v) is 4.23. The van der Waals surface area contributed by atoms with Crippen molar-refractivity contribution in [1.29, 1.82) is 0 Å². The lowest BCUT2D eigenvalue weighted by Crippen LogP contribution is -2.13. The molecule has 1 saturated carbocycles. The third-order valence-electron chi connectivity index (χ3n) is 4.23. The second-order valence-electron chi connectivity index (χ2n) is 5.53. The molecule has 1 aliphatic rings. The zero-order valence-electron chi connectivity index (χ0n) is 11.1. The van der Waals surface area contributed by atoms with Crippen LogP contribution in [-0.4, -0.2) is 0 Å². The van der Waals surface area contributed by atoms with Gasteiger partial charge in [-0.05, 0) is 55.2 Å². The minimum absolute atomic E-state index is 0.429. The van der Waals surface area contributed by atoms with Crippen LogP contribution in [0.4, 0.5) is 8.78 Å². The van der Waals surface area contributed by atoms with Crippen LogP contribution in [0, 0.1) is 17.6 Å². The van der Waals surface area contributed by atoms with Crippen molar-refractivity contribution in [2.24, 2.45) is 5.92 Å². The molecule has 18 heavy (non-hydrogen) atoms. The van der Waals surface area contributed by atoms with Gasteiger partial charge in [0.2, 0.25) is 0 Å². The van der Waals surface area contributed by atoms with Crippen molar-refractivity contribution >= 4 is 0 Å². The summed E-state index contributed by atoms with van der Waals surface area (Å²) < 4.78 is 26.1. The number of halogens is 2. The van der Waals surface area contributed by atoms with Crippen molar-refractivity contribution in [3.63, 3.8) is 0 Å². The van der Waals surface area contributed by atoms with Crippen LogP contribution in [0.25, 0.3) is 0 Å². The predicted octanol–water partition coefficient (Wildman–Crippen LogP) is 5.43. The number of hydrogen-bond donors (Lipinski definition) is 0. The van der Waals surface area contributed by atoms with Gasteiger partial charge in [0.15, 0.2) is 11.6 Å². The van der Waals surface area contributed by atoms with Gasteiger partial charge in [0.25, 0.3) is 0 Å². The number of hydrogen-bond acceptors (Lipinski definition) is 0. The zero-order valence-corrected chi connectivity index (χ0v) is 11.1. The number of benzene rings is 1. The molecule has 0 bridgehead atoms. The van der Waals surface area contributed by atoms with Crippen LogP contribution >= 0.6 is 0 Å². The molecule has 0 amide bonds. The molecule has 0 nitrogen and oxygen atoms in total. The molecule has 0 heterocycles. The Kier molecular flexibility index (Phi) is 4.73. The lowest BCUT2D eigenvalue weighted by Gasteiger charge is -2.28. The number of rotatable bonds is 4. The van der Waals surface area contributed by atoms with Crippen LogP contribution in [0.1, 0.15) is 63.4 Å². The molecule has 2 rings (SSSR count). The molecule has 0 N–H and O–H groups in total. The molecule has 0 saturated heterocycles. The smallest absolute Gasteiger partial charge is 0.159 e. The van der Waals surface area contributed by atoms with E-state index in [2.05, 4.69) is 6.92 Å². The van der Waals surface area contributed by atoms with E-state index in [0.717, 1.165) is 24.3 Å². The van der Waals surface area contributed by atoms with E-state index in [0.29, 0.717) is 5.92 Å². The van der Waals surface area contributed by atoms with E-state index in [1.807, 2.05) is 0 Å². The first-order chi connectivity index (χ1) is 8.70. The molecule has 2 heteroatoms.